The largest absolute Gasteiger partial charge is 0.392 e. The molecule has 0 aliphatic heterocycles. The van der Waals surface area contributed by atoms with Crippen LogP contribution in [-0.2, 0) is 13.2 Å². The Morgan fingerprint density at radius 1 is 1.06 bits per heavy atom. The van der Waals surface area contributed by atoms with Crippen LogP contribution < -0.4 is 11.2 Å². The Balaban J connectivity index is 2.25. The minimum atomic E-state index is -0.427. The van der Waals surface area contributed by atoms with Crippen LogP contribution in [0.5, 0.6) is 0 Å². The number of nitrogens with one attached hydrogen (secondary N) is 1. The number of aliphatic hydroxyl groups is 1. The van der Waals surface area contributed by atoms with Crippen LogP contribution in [0, 0.1) is 0 Å². The van der Waals surface area contributed by atoms with Crippen LogP contribution in [0.2, 0.25) is 0 Å². The van der Waals surface area contributed by atoms with Gasteiger partial charge in [0.25, 0.3) is 5.56 Å². The van der Waals surface area contributed by atoms with Gasteiger partial charge in [0.2, 0.25) is 0 Å². The van der Waals surface area contributed by atoms with Gasteiger partial charge in [-0.2, -0.15) is 0 Å². The van der Waals surface area contributed by atoms with Gasteiger partial charge in [-0.05, 0) is 11.1 Å². The zero-order chi connectivity index (χ0) is 12.3. The van der Waals surface area contributed by atoms with E-state index >= 15 is 0 Å². The number of benzene rings is 1. The highest BCUT2D eigenvalue weighted by molar-refractivity contribution is 5.22. The summed E-state index contributed by atoms with van der Waals surface area (Å²) >= 11 is 0. The summed E-state index contributed by atoms with van der Waals surface area (Å²) in [6.45, 7) is 0.389. The van der Waals surface area contributed by atoms with E-state index in [4.69, 9.17) is 5.11 Å². The van der Waals surface area contributed by atoms with Gasteiger partial charge in [0.15, 0.2) is 0 Å². The zero-order valence-corrected chi connectivity index (χ0v) is 9.09. The lowest BCUT2D eigenvalue weighted by Crippen LogP contribution is -2.28. The second-order valence-corrected chi connectivity index (χ2v) is 3.71. The smallest absolute Gasteiger partial charge is 0.328 e. The molecule has 0 unspecified atom stereocenters. The molecule has 0 saturated carbocycles. The molecular formula is C12H12N2O3. The van der Waals surface area contributed by atoms with Crippen molar-refractivity contribution < 1.29 is 5.11 Å². The highest BCUT2D eigenvalue weighted by atomic mass is 16.3. The van der Waals surface area contributed by atoms with Crippen LogP contribution >= 0.6 is 0 Å². The molecule has 88 valence electrons. The fourth-order valence-electron chi connectivity index (χ4n) is 1.52. The maximum Gasteiger partial charge on any atom is 0.328 e. The Morgan fingerprint density at radius 2 is 1.71 bits per heavy atom. The molecule has 2 aromatic rings. The van der Waals surface area contributed by atoms with Crippen molar-refractivity contribution in [3.05, 3.63) is 68.5 Å². The second kappa shape index (κ2) is 4.80. The van der Waals surface area contributed by atoms with Gasteiger partial charge in [0.1, 0.15) is 0 Å². The first kappa shape index (κ1) is 11.3. The third kappa shape index (κ3) is 2.70. The van der Waals surface area contributed by atoms with E-state index in [1.807, 2.05) is 12.1 Å². The molecule has 5 heteroatoms. The first-order valence-electron chi connectivity index (χ1n) is 5.17. The van der Waals surface area contributed by atoms with Gasteiger partial charge >= 0.3 is 5.69 Å². The Bertz CT molecular complexity index is 611. The number of rotatable bonds is 3. The Morgan fingerprint density at radius 3 is 2.29 bits per heavy atom. The molecule has 0 bridgehead atoms. The van der Waals surface area contributed by atoms with Crippen LogP contribution in [0.25, 0.3) is 0 Å². The molecule has 2 rings (SSSR count). The number of hydrogen-bond acceptors (Lipinski definition) is 3. The van der Waals surface area contributed by atoms with Gasteiger partial charge in [-0.15, -0.1) is 0 Å². The van der Waals surface area contributed by atoms with Gasteiger partial charge in [0.05, 0.1) is 13.2 Å². The highest BCUT2D eigenvalue weighted by Gasteiger charge is 1.98. The molecule has 0 atom stereocenters. The summed E-state index contributed by atoms with van der Waals surface area (Å²) in [7, 11) is 0. The van der Waals surface area contributed by atoms with Crippen LogP contribution in [0.3, 0.4) is 0 Å². The van der Waals surface area contributed by atoms with Gasteiger partial charge < -0.3 is 5.11 Å². The van der Waals surface area contributed by atoms with Crippen molar-refractivity contribution in [2.45, 2.75) is 13.2 Å². The summed E-state index contributed by atoms with van der Waals surface area (Å²) < 4.78 is 1.41. The number of nitrogens with zero attached hydrogens (tertiary/aromatic N) is 1. The first-order valence-corrected chi connectivity index (χ1v) is 5.17. The van der Waals surface area contributed by atoms with Gasteiger partial charge in [0, 0.05) is 12.3 Å². The van der Waals surface area contributed by atoms with E-state index in [1.165, 1.54) is 16.8 Å². The van der Waals surface area contributed by atoms with Crippen LogP contribution in [0.15, 0.2) is 46.1 Å². The molecular weight excluding hydrogens is 220 g/mol. The SMILES string of the molecule is O=c1ccn(Cc2ccc(CO)cc2)c(=O)[nH]1. The molecule has 0 spiro atoms. The molecule has 17 heavy (non-hydrogen) atoms. The summed E-state index contributed by atoms with van der Waals surface area (Å²) in [5, 5.41) is 8.90. The molecule has 1 aromatic heterocycles. The minimum absolute atomic E-state index is 0.00111. The first-order chi connectivity index (χ1) is 8.19. The molecule has 5 nitrogen and oxygen atoms in total. The molecule has 0 radical (unpaired) electrons. The molecule has 0 aliphatic carbocycles. The van der Waals surface area contributed by atoms with Crippen molar-refractivity contribution in [3.8, 4) is 0 Å². The summed E-state index contributed by atoms with van der Waals surface area (Å²) in [4.78, 5) is 24.5. The maximum atomic E-state index is 11.4. The minimum Gasteiger partial charge on any atom is -0.392 e. The molecule has 0 aliphatic rings. The normalized spacial score (nSPS) is 10.4. The van der Waals surface area contributed by atoms with Gasteiger partial charge in [-0.25, -0.2) is 4.79 Å². The van der Waals surface area contributed by atoms with Crippen LogP contribution in [0.1, 0.15) is 11.1 Å². The van der Waals surface area contributed by atoms with Gasteiger partial charge in [-0.3, -0.25) is 14.3 Å². The predicted octanol–water partition coefficient (Wildman–Crippen LogP) is 0.0772. The predicted molar refractivity (Wildman–Crippen MR) is 62.8 cm³/mol. The fourth-order valence-corrected chi connectivity index (χ4v) is 1.52. The van der Waals surface area contributed by atoms with Crippen molar-refractivity contribution >= 4 is 0 Å². The topological polar surface area (TPSA) is 75.1 Å². The van der Waals surface area contributed by atoms with E-state index in [1.54, 1.807) is 12.1 Å². The van der Waals surface area contributed by atoms with Crippen LogP contribution in [0.4, 0.5) is 0 Å². The van der Waals surface area contributed by atoms with E-state index < -0.39 is 11.2 Å². The van der Waals surface area contributed by atoms with E-state index in [2.05, 4.69) is 4.98 Å². The Hall–Kier alpha value is -2.14. The molecule has 0 fully saturated rings. The summed E-state index contributed by atoms with van der Waals surface area (Å²) in [5.74, 6) is 0. The van der Waals surface area contributed by atoms with E-state index in [-0.39, 0.29) is 6.61 Å². The van der Waals surface area contributed by atoms with E-state index in [0.29, 0.717) is 6.54 Å². The van der Waals surface area contributed by atoms with Crippen molar-refractivity contribution in [1.82, 2.24) is 9.55 Å². The molecule has 2 N–H and O–H groups in total. The van der Waals surface area contributed by atoms with Gasteiger partial charge in [-0.1, -0.05) is 24.3 Å². The lowest BCUT2D eigenvalue weighted by molar-refractivity contribution is 0.282. The third-order valence-corrected chi connectivity index (χ3v) is 2.46. The lowest BCUT2D eigenvalue weighted by Gasteiger charge is -2.05. The lowest BCUT2D eigenvalue weighted by atomic mass is 10.1. The molecule has 0 amide bonds. The maximum absolute atomic E-state index is 11.4. The van der Waals surface area contributed by atoms with Crippen molar-refractivity contribution in [2.75, 3.05) is 0 Å². The summed E-state index contributed by atoms with van der Waals surface area (Å²) in [6, 6.07) is 8.58. The fraction of sp³-hybridized carbons (Fsp3) is 0.167. The average molecular weight is 232 g/mol. The Labute approximate surface area is 97.0 Å². The molecule has 1 heterocycles. The highest BCUT2D eigenvalue weighted by Crippen LogP contribution is 2.05. The number of aromatic nitrogens is 2. The third-order valence-electron chi connectivity index (χ3n) is 2.46. The van der Waals surface area contributed by atoms with Crippen LogP contribution in [-0.4, -0.2) is 14.7 Å². The summed E-state index contributed by atoms with van der Waals surface area (Å²) in [6.07, 6.45) is 1.46. The quantitative estimate of drug-likeness (QED) is 0.786. The van der Waals surface area contributed by atoms with Crippen molar-refractivity contribution in [1.29, 1.82) is 0 Å². The van der Waals surface area contributed by atoms with E-state index in [0.717, 1.165) is 11.1 Å². The standard InChI is InChI=1S/C12H12N2O3/c15-8-10-3-1-9(2-4-10)7-14-6-5-11(16)13-12(14)17/h1-6,15H,7-8H2,(H,13,16,17). The number of hydrogen-bond donors (Lipinski definition) is 2. The number of aromatic amines is 1. The average Bonchev–Trinajstić information content (AvgIpc) is 2.34. The van der Waals surface area contributed by atoms with Crippen molar-refractivity contribution in [3.63, 3.8) is 0 Å². The summed E-state index contributed by atoms with van der Waals surface area (Å²) in [5.41, 5.74) is 0.921. The Kier molecular flexibility index (Phi) is 3.20. The monoisotopic (exact) mass is 232 g/mol. The molecule has 0 saturated heterocycles. The van der Waals surface area contributed by atoms with Crippen molar-refractivity contribution in [2.24, 2.45) is 0 Å². The van der Waals surface area contributed by atoms with E-state index in [9.17, 15) is 9.59 Å². The number of aliphatic hydroxyl groups excluding tert-OH is 1. The second-order valence-electron chi connectivity index (χ2n) is 3.71. The zero-order valence-electron chi connectivity index (χ0n) is 9.09. The number of H-pyrrole nitrogens is 1. The molecule has 1 aromatic carbocycles.